The summed E-state index contributed by atoms with van der Waals surface area (Å²) >= 11 is 1.35. The maximum absolute atomic E-state index is 14.4. The van der Waals surface area contributed by atoms with Crippen molar-refractivity contribution in [2.45, 2.75) is 111 Å². The van der Waals surface area contributed by atoms with Crippen molar-refractivity contribution >= 4 is 57.7 Å². The molecule has 3 aromatic heterocycles. The lowest BCUT2D eigenvalue weighted by Gasteiger charge is -2.38. The lowest BCUT2D eigenvalue weighted by Crippen LogP contribution is -2.56. The van der Waals surface area contributed by atoms with Crippen LogP contribution in [0.3, 0.4) is 0 Å². The van der Waals surface area contributed by atoms with Crippen LogP contribution in [-0.4, -0.2) is 128 Å². The van der Waals surface area contributed by atoms with Gasteiger partial charge < -0.3 is 28.7 Å². The largest absolute Gasteiger partial charge is 0.465 e. The summed E-state index contributed by atoms with van der Waals surface area (Å²) in [6.07, 6.45) is 4.25. The molecular weight excluding hydrogens is 871 g/mol. The first-order chi connectivity index (χ1) is 31.9. The lowest BCUT2D eigenvalue weighted by atomic mass is 9.84. The minimum atomic E-state index is -1.01. The Labute approximate surface area is 397 Å². The number of aliphatic imine (C=N–C) groups is 1. The number of piperazine rings is 1. The molecule has 16 nitrogen and oxygen atoms in total. The number of pyridine rings is 1. The van der Waals surface area contributed by atoms with Gasteiger partial charge in [-0.25, -0.2) is 20.6 Å². The number of nitrogens with zero attached hydrogens (tertiary/aromatic N) is 8. The second-order valence-electron chi connectivity index (χ2n) is 19.1. The van der Waals surface area contributed by atoms with Crippen LogP contribution in [0.4, 0.5) is 4.79 Å². The Bertz CT molecular complexity index is 2580. The quantitative estimate of drug-likeness (QED) is 0.0848. The van der Waals surface area contributed by atoms with E-state index in [2.05, 4.69) is 55.1 Å². The van der Waals surface area contributed by atoms with E-state index in [1.165, 1.54) is 22.3 Å². The zero-order valence-electron chi connectivity index (χ0n) is 40.3. The summed E-state index contributed by atoms with van der Waals surface area (Å²) in [5.41, 5.74) is 5.91. The van der Waals surface area contributed by atoms with Gasteiger partial charge in [0.2, 0.25) is 5.91 Å². The predicted octanol–water partition coefficient (Wildman–Crippen LogP) is 6.86. The summed E-state index contributed by atoms with van der Waals surface area (Å²) in [5, 5.41) is 4.53. The van der Waals surface area contributed by atoms with Crippen LogP contribution in [0.1, 0.15) is 90.1 Å². The highest BCUT2D eigenvalue weighted by molar-refractivity contribution is 7.10. The number of aryl methyl sites for hydroxylation is 1. The van der Waals surface area contributed by atoms with Gasteiger partial charge in [-0.15, -0.1) is 11.3 Å². The molecule has 358 valence electrons. The van der Waals surface area contributed by atoms with Crippen molar-refractivity contribution in [2.75, 3.05) is 40.4 Å². The summed E-state index contributed by atoms with van der Waals surface area (Å²) in [5.74, 6) is 4.26. The van der Waals surface area contributed by atoms with Crippen molar-refractivity contribution in [1.82, 2.24) is 34.2 Å². The number of carbonyl (C=O) groups is 5. The van der Waals surface area contributed by atoms with Crippen molar-refractivity contribution in [3.63, 3.8) is 0 Å². The van der Waals surface area contributed by atoms with E-state index in [1.807, 2.05) is 45.2 Å². The van der Waals surface area contributed by atoms with E-state index in [1.54, 1.807) is 30.2 Å². The van der Waals surface area contributed by atoms with Gasteiger partial charge in [-0.05, 0) is 74.9 Å². The Morgan fingerprint density at radius 2 is 1.84 bits per heavy atom. The maximum atomic E-state index is 14.4. The van der Waals surface area contributed by atoms with Gasteiger partial charge in [0.15, 0.2) is 0 Å². The number of nitrogens with two attached hydrogens (primary N) is 1. The standard InChI is InChI=1S/C50H65N9O7S/c1-11-40(60)57-22-23-58(45-30(5)44(45)57)49(64)55(9)43(29(3)4)47(62)54-36-25-39-53-37(27-67-39)32-18-19-38-34(24-32)35(46(56(38)12-2)33-16-15-20-52-42(33)31(6)65-10)26-50(7,8)28-66-41(61)17-13-14-21-59(51)48(36)63/h11,15-16,18-20,24,27,29-31,43-45H,1,12-14,17,21-23,25-26,28,51H2,2-10H3/t30-,31+,43+,44+,45-/m1/s1. The number of benzene rings is 1. The number of methoxy groups -OCH3 is 1. The van der Waals surface area contributed by atoms with Crippen LogP contribution in [-0.2, 0) is 48.0 Å². The third kappa shape index (κ3) is 10.1. The Hall–Kier alpha value is -5.78. The van der Waals surface area contributed by atoms with Gasteiger partial charge in [0, 0.05) is 98.1 Å². The molecule has 0 radical (unpaired) electrons. The molecule has 0 unspecified atom stereocenters. The van der Waals surface area contributed by atoms with Gasteiger partial charge in [-0.1, -0.05) is 47.3 Å². The summed E-state index contributed by atoms with van der Waals surface area (Å²) in [6.45, 7) is 19.2. The Kier molecular flexibility index (Phi) is 14.8. The fourth-order valence-electron chi connectivity index (χ4n) is 9.87. The highest BCUT2D eigenvalue weighted by atomic mass is 32.1. The average molecular weight is 936 g/mol. The van der Waals surface area contributed by atoms with Gasteiger partial charge in [-0.3, -0.25) is 29.2 Å². The van der Waals surface area contributed by atoms with Gasteiger partial charge in [0.25, 0.3) is 11.8 Å². The normalized spacial score (nSPS) is 21.8. The first kappa shape index (κ1) is 49.1. The third-order valence-electron chi connectivity index (χ3n) is 13.4. The molecule has 67 heavy (non-hydrogen) atoms. The lowest BCUT2D eigenvalue weighted by molar-refractivity contribution is -0.146. The Morgan fingerprint density at radius 1 is 1.10 bits per heavy atom. The van der Waals surface area contributed by atoms with Gasteiger partial charge >= 0.3 is 12.0 Å². The number of fused-ring (bicyclic) bond motifs is 5. The molecule has 4 bridgehead atoms. The highest BCUT2D eigenvalue weighted by Gasteiger charge is 2.59. The third-order valence-corrected chi connectivity index (χ3v) is 14.3. The average Bonchev–Trinajstić information content (AvgIpc) is 3.61. The van der Waals surface area contributed by atoms with Crippen molar-refractivity contribution in [2.24, 2.45) is 28.1 Å². The molecule has 1 aromatic carbocycles. The van der Waals surface area contributed by atoms with Crippen LogP contribution in [0, 0.1) is 17.3 Å². The number of ether oxygens (including phenoxy) is 2. The Morgan fingerprint density at radius 3 is 2.54 bits per heavy atom. The van der Waals surface area contributed by atoms with Crippen LogP contribution in [0.15, 0.2) is 59.6 Å². The second kappa shape index (κ2) is 20.2. The molecule has 2 N–H and O–H groups in total. The minimum Gasteiger partial charge on any atom is -0.465 e. The molecule has 3 aliphatic rings. The number of urea groups is 1. The number of cyclic esters (lactones) is 1. The fourth-order valence-corrected chi connectivity index (χ4v) is 10.7. The molecule has 5 atom stereocenters. The maximum Gasteiger partial charge on any atom is 0.320 e. The molecule has 1 saturated heterocycles. The van der Waals surface area contributed by atoms with Crippen LogP contribution < -0.4 is 5.84 Å². The minimum absolute atomic E-state index is 0.0661. The van der Waals surface area contributed by atoms with Crippen molar-refractivity contribution in [3.8, 4) is 22.5 Å². The number of esters is 1. The molecule has 7 rings (SSSR count). The van der Waals surface area contributed by atoms with Crippen molar-refractivity contribution < 1.29 is 33.4 Å². The number of hydrogen-bond donors (Lipinski definition) is 1. The highest BCUT2D eigenvalue weighted by Crippen LogP contribution is 2.44. The van der Waals surface area contributed by atoms with Crippen molar-refractivity contribution in [3.05, 3.63) is 70.8 Å². The van der Waals surface area contributed by atoms with Gasteiger partial charge in [-0.2, -0.15) is 0 Å². The molecule has 1 aliphatic carbocycles. The van der Waals surface area contributed by atoms with Gasteiger partial charge in [0.1, 0.15) is 11.8 Å². The van der Waals surface area contributed by atoms with E-state index < -0.39 is 23.3 Å². The van der Waals surface area contributed by atoms with E-state index in [0.29, 0.717) is 49.6 Å². The zero-order chi connectivity index (χ0) is 48.5. The topological polar surface area (TPSA) is 186 Å². The van der Waals surface area contributed by atoms with Crippen molar-refractivity contribution in [1.29, 1.82) is 0 Å². The summed E-state index contributed by atoms with van der Waals surface area (Å²) in [6, 6.07) is 8.64. The monoisotopic (exact) mass is 935 g/mol. The molecule has 5 amide bonds. The molecule has 2 fully saturated rings. The number of likely N-dealkylation sites (N-methyl/N-ethyl adjacent to an activating group) is 1. The summed E-state index contributed by atoms with van der Waals surface area (Å²) < 4.78 is 14.0. The summed E-state index contributed by atoms with van der Waals surface area (Å²) in [7, 11) is 3.25. The molecular formula is C50H65N9O7S. The SMILES string of the molecule is C=CC(=O)N1CCN(C(=O)N(C)[C@H](C(=O)N=C2Cc3nc(cs3)-c3ccc4c(c3)c(c(-c3cccnc3[C@H](C)OC)n4CC)CC(C)(C)COC(=O)CCCCN(N)C2=O)C(C)C)[C@@H]2[C@H](C)[C@@H]21. The van der Waals surface area contributed by atoms with E-state index in [4.69, 9.17) is 25.3 Å². The van der Waals surface area contributed by atoms with E-state index in [-0.39, 0.29) is 79.6 Å². The molecule has 5 heterocycles. The molecule has 17 heteroatoms. The fraction of sp³-hybridized carbons (Fsp3) is 0.520. The number of aromatic nitrogens is 3. The van der Waals surface area contributed by atoms with Crippen LogP contribution >= 0.6 is 11.3 Å². The molecule has 2 aliphatic heterocycles. The first-order valence-corrected chi connectivity index (χ1v) is 24.2. The molecule has 1 saturated carbocycles. The number of rotatable bonds is 8. The summed E-state index contributed by atoms with van der Waals surface area (Å²) in [4.78, 5) is 87.6. The number of thiazole rings is 1. The molecule has 0 spiro atoms. The number of hydrogen-bond acceptors (Lipinski definition) is 11. The predicted molar refractivity (Wildman–Crippen MR) is 259 cm³/mol. The number of amides is 5. The van der Waals surface area contributed by atoms with Gasteiger partial charge in [0.05, 0.1) is 46.9 Å². The van der Waals surface area contributed by atoms with E-state index in [9.17, 15) is 24.0 Å². The zero-order valence-corrected chi connectivity index (χ0v) is 41.1. The van der Waals surface area contributed by atoms with E-state index >= 15 is 0 Å². The smallest absolute Gasteiger partial charge is 0.320 e. The number of carbonyl (C=O) groups excluding carboxylic acids is 5. The number of hydrazine groups is 1. The van der Waals surface area contributed by atoms with Crippen LogP contribution in [0.25, 0.3) is 33.4 Å². The molecule has 4 aromatic rings. The van der Waals surface area contributed by atoms with Crippen LogP contribution in [0.2, 0.25) is 0 Å². The second-order valence-corrected chi connectivity index (χ2v) is 20.1. The first-order valence-electron chi connectivity index (χ1n) is 23.3. The van der Waals surface area contributed by atoms with Crippen LogP contribution in [0.5, 0.6) is 0 Å². The Balaban J connectivity index is 1.26. The van der Waals surface area contributed by atoms with E-state index in [0.717, 1.165) is 44.0 Å².